The number of rotatable bonds is 3. The Kier molecular flexibility index (Phi) is 4.61. The van der Waals surface area contributed by atoms with Gasteiger partial charge in [-0.25, -0.2) is 19.6 Å². The third-order valence-corrected chi connectivity index (χ3v) is 5.34. The second-order valence-corrected chi connectivity index (χ2v) is 7.39. The molecule has 2 atom stereocenters. The number of phenolic OH excluding ortho intramolecular Hbond substituents is 1. The molecule has 0 saturated carbocycles. The first-order chi connectivity index (χ1) is 14.2. The number of aromatic nitrogens is 5. The number of benzene rings is 1. The van der Waals surface area contributed by atoms with Gasteiger partial charge < -0.3 is 19.5 Å². The molecule has 0 unspecified atom stereocenters. The van der Waals surface area contributed by atoms with Crippen LogP contribution < -0.4 is 4.90 Å². The summed E-state index contributed by atoms with van der Waals surface area (Å²) in [5.74, 6) is 1.49. The predicted octanol–water partition coefficient (Wildman–Crippen LogP) is 1.59. The molecule has 29 heavy (non-hydrogen) atoms. The van der Waals surface area contributed by atoms with Crippen LogP contribution in [0, 0.1) is 6.92 Å². The molecule has 9 nitrogen and oxygen atoms in total. The van der Waals surface area contributed by atoms with Crippen LogP contribution in [0.1, 0.15) is 11.7 Å². The summed E-state index contributed by atoms with van der Waals surface area (Å²) in [4.78, 5) is 15.4. The van der Waals surface area contributed by atoms with Crippen molar-refractivity contribution in [3.63, 3.8) is 0 Å². The van der Waals surface area contributed by atoms with E-state index in [0.717, 1.165) is 11.5 Å². The minimum atomic E-state index is -0.0348. The molecule has 0 bridgehead atoms. The summed E-state index contributed by atoms with van der Waals surface area (Å²) < 4.78 is 14.1. The molecule has 0 aliphatic carbocycles. The van der Waals surface area contributed by atoms with Crippen molar-refractivity contribution in [3.05, 3.63) is 48.7 Å². The molecule has 2 fully saturated rings. The van der Waals surface area contributed by atoms with E-state index >= 15 is 0 Å². The van der Waals surface area contributed by atoms with Crippen molar-refractivity contribution in [1.29, 1.82) is 0 Å². The van der Waals surface area contributed by atoms with Crippen LogP contribution >= 0.6 is 0 Å². The van der Waals surface area contributed by atoms with E-state index in [1.54, 1.807) is 23.1 Å². The standard InChI is InChI=1S/C20H22N6O3/c1-13-6-19(24-20(23-13)15-4-2-3-5-16(15)27)25-7-17-18(8-25)29-10-14(9-28-17)26-12-21-11-22-26/h2-6,11-12,14,17-18,27H,7-10H2,1H3/t17-,18-/m0/s1. The van der Waals surface area contributed by atoms with Crippen LogP contribution in [0.3, 0.4) is 0 Å². The fourth-order valence-corrected chi connectivity index (χ4v) is 3.82. The molecule has 0 spiro atoms. The van der Waals surface area contributed by atoms with Crippen molar-refractivity contribution in [2.45, 2.75) is 25.2 Å². The van der Waals surface area contributed by atoms with Crippen LogP contribution in [0.2, 0.25) is 0 Å². The maximum Gasteiger partial charge on any atom is 0.165 e. The number of nitrogens with zero attached hydrogens (tertiary/aromatic N) is 6. The first-order valence-corrected chi connectivity index (χ1v) is 9.63. The molecular weight excluding hydrogens is 372 g/mol. The molecule has 4 heterocycles. The van der Waals surface area contributed by atoms with Crippen molar-refractivity contribution in [1.82, 2.24) is 24.7 Å². The van der Waals surface area contributed by atoms with Gasteiger partial charge in [-0.05, 0) is 19.1 Å². The van der Waals surface area contributed by atoms with Crippen molar-refractivity contribution in [2.24, 2.45) is 0 Å². The zero-order chi connectivity index (χ0) is 19.8. The quantitative estimate of drug-likeness (QED) is 0.715. The first-order valence-electron chi connectivity index (χ1n) is 9.63. The van der Waals surface area contributed by atoms with Crippen molar-refractivity contribution in [3.8, 4) is 17.1 Å². The van der Waals surface area contributed by atoms with Gasteiger partial charge in [0, 0.05) is 24.8 Å². The van der Waals surface area contributed by atoms with Crippen molar-refractivity contribution >= 4 is 5.82 Å². The normalized spacial score (nSPS) is 22.4. The van der Waals surface area contributed by atoms with E-state index in [0.29, 0.717) is 37.7 Å². The number of hydrogen-bond acceptors (Lipinski definition) is 8. The van der Waals surface area contributed by atoms with E-state index in [1.165, 1.54) is 6.33 Å². The number of para-hydroxylation sites is 1. The van der Waals surface area contributed by atoms with E-state index in [9.17, 15) is 5.11 Å². The zero-order valence-electron chi connectivity index (χ0n) is 16.0. The topological polar surface area (TPSA) is 98.4 Å². The molecule has 9 heteroatoms. The van der Waals surface area contributed by atoms with E-state index < -0.39 is 0 Å². The van der Waals surface area contributed by atoms with Gasteiger partial charge in [0.25, 0.3) is 0 Å². The van der Waals surface area contributed by atoms with Gasteiger partial charge >= 0.3 is 0 Å². The van der Waals surface area contributed by atoms with Crippen LogP contribution in [0.15, 0.2) is 43.0 Å². The maximum absolute atomic E-state index is 10.2. The third kappa shape index (κ3) is 3.54. The molecule has 3 aromatic rings. The van der Waals surface area contributed by atoms with Crippen molar-refractivity contribution in [2.75, 3.05) is 31.2 Å². The van der Waals surface area contributed by atoms with Crippen LogP contribution in [-0.4, -0.2) is 68.4 Å². The Morgan fingerprint density at radius 3 is 2.52 bits per heavy atom. The smallest absolute Gasteiger partial charge is 0.165 e. The summed E-state index contributed by atoms with van der Waals surface area (Å²) in [6, 6.07) is 9.09. The second kappa shape index (κ2) is 7.41. The van der Waals surface area contributed by atoms with Gasteiger partial charge in [0.1, 0.15) is 42.5 Å². The lowest BCUT2D eigenvalue weighted by molar-refractivity contribution is -0.00461. The highest BCUT2D eigenvalue weighted by molar-refractivity contribution is 5.65. The maximum atomic E-state index is 10.2. The Morgan fingerprint density at radius 1 is 1.07 bits per heavy atom. The van der Waals surface area contributed by atoms with Crippen LogP contribution in [-0.2, 0) is 9.47 Å². The molecular formula is C20H22N6O3. The SMILES string of the molecule is Cc1cc(N2C[C@@H]3OCC(n4cncn4)CO[C@H]3C2)nc(-c2ccccc2O)n1. The fourth-order valence-electron chi connectivity index (χ4n) is 3.82. The summed E-state index contributed by atoms with van der Waals surface area (Å²) in [5.41, 5.74) is 1.46. The highest BCUT2D eigenvalue weighted by atomic mass is 16.6. The van der Waals surface area contributed by atoms with Gasteiger partial charge in [-0.15, -0.1) is 0 Å². The van der Waals surface area contributed by atoms with E-state index in [1.807, 2.05) is 25.1 Å². The van der Waals surface area contributed by atoms with Gasteiger partial charge in [0.2, 0.25) is 0 Å². The van der Waals surface area contributed by atoms with Crippen LogP contribution in [0.4, 0.5) is 5.82 Å². The summed E-state index contributed by atoms with van der Waals surface area (Å²) >= 11 is 0. The Bertz CT molecular complexity index is 980. The summed E-state index contributed by atoms with van der Waals surface area (Å²) in [6.45, 7) is 4.37. The number of phenols is 1. The molecule has 2 aliphatic heterocycles. The molecule has 0 radical (unpaired) electrons. The minimum Gasteiger partial charge on any atom is -0.507 e. The lowest BCUT2D eigenvalue weighted by atomic mass is 10.2. The van der Waals surface area contributed by atoms with E-state index in [2.05, 4.69) is 20.0 Å². The molecule has 5 rings (SSSR count). The highest BCUT2D eigenvalue weighted by Gasteiger charge is 2.38. The molecule has 2 saturated heterocycles. The molecule has 2 aliphatic rings. The number of ether oxygens (including phenoxy) is 2. The van der Waals surface area contributed by atoms with Gasteiger partial charge in [-0.2, -0.15) is 5.10 Å². The third-order valence-electron chi connectivity index (χ3n) is 5.34. The molecule has 1 N–H and O–H groups in total. The summed E-state index contributed by atoms with van der Waals surface area (Å²) in [6.07, 6.45) is 3.14. The highest BCUT2D eigenvalue weighted by Crippen LogP contribution is 2.30. The monoisotopic (exact) mass is 394 g/mol. The lowest BCUT2D eigenvalue weighted by Gasteiger charge is -2.20. The van der Waals surface area contributed by atoms with Crippen LogP contribution in [0.25, 0.3) is 11.4 Å². The predicted molar refractivity (Wildman–Crippen MR) is 105 cm³/mol. The molecule has 1 aromatic carbocycles. The minimum absolute atomic E-state index is 0.0329. The van der Waals surface area contributed by atoms with E-state index in [-0.39, 0.29) is 24.0 Å². The first kappa shape index (κ1) is 18.0. The largest absolute Gasteiger partial charge is 0.507 e. The molecule has 2 aromatic heterocycles. The summed E-state index contributed by atoms with van der Waals surface area (Å²) in [5, 5.41) is 14.4. The van der Waals surface area contributed by atoms with Gasteiger partial charge in [0.15, 0.2) is 5.82 Å². The van der Waals surface area contributed by atoms with Crippen molar-refractivity contribution < 1.29 is 14.6 Å². The molecule has 150 valence electrons. The number of aryl methyl sites for hydroxylation is 1. The Balaban J connectivity index is 1.34. The average molecular weight is 394 g/mol. The van der Waals surface area contributed by atoms with E-state index in [4.69, 9.17) is 14.5 Å². The summed E-state index contributed by atoms with van der Waals surface area (Å²) in [7, 11) is 0. The van der Waals surface area contributed by atoms with Crippen LogP contribution in [0.5, 0.6) is 5.75 Å². The lowest BCUT2D eigenvalue weighted by Crippen LogP contribution is -2.27. The Hall–Kier alpha value is -3.04. The second-order valence-electron chi connectivity index (χ2n) is 7.39. The van der Waals surface area contributed by atoms with Gasteiger partial charge in [-0.3, -0.25) is 0 Å². The number of anilines is 1. The number of aromatic hydroxyl groups is 1. The molecule has 0 amide bonds. The average Bonchev–Trinajstić information content (AvgIpc) is 3.35. The van der Waals surface area contributed by atoms with Gasteiger partial charge in [-0.1, -0.05) is 12.1 Å². The Labute approximate surface area is 168 Å². The van der Waals surface area contributed by atoms with Gasteiger partial charge in [0.05, 0.1) is 18.8 Å². The number of hydrogen-bond donors (Lipinski definition) is 1. The number of fused-ring (bicyclic) bond motifs is 1. The Morgan fingerprint density at radius 2 is 1.83 bits per heavy atom. The fraction of sp³-hybridized carbons (Fsp3) is 0.400. The zero-order valence-corrected chi connectivity index (χ0v) is 16.0.